The number of alkyl halides is 3. The number of amides is 1. The molecular formula is C11H9ClF3NOS. The van der Waals surface area contributed by atoms with Crippen LogP contribution in [0.15, 0.2) is 24.3 Å². The van der Waals surface area contributed by atoms with Gasteiger partial charge in [0.15, 0.2) is 0 Å². The predicted molar refractivity (Wildman–Crippen MR) is 64.4 cm³/mol. The van der Waals surface area contributed by atoms with Crippen LogP contribution in [0.4, 0.5) is 13.2 Å². The topological polar surface area (TPSA) is 20.3 Å². The number of nitrogens with zero attached hydrogens (tertiary/aromatic N) is 1. The number of carbonyl (C=O) groups excluding carboxylic acids is 1. The molecule has 0 aromatic heterocycles. The monoisotopic (exact) mass is 295 g/mol. The zero-order valence-electron chi connectivity index (χ0n) is 9.08. The van der Waals surface area contributed by atoms with Gasteiger partial charge in [0.25, 0.3) is 0 Å². The average Bonchev–Trinajstić information content (AvgIpc) is 2.58. The van der Waals surface area contributed by atoms with Crippen LogP contribution in [0.1, 0.15) is 10.9 Å². The Hall–Kier alpha value is -0.880. The lowest BCUT2D eigenvalue weighted by Crippen LogP contribution is -2.37. The van der Waals surface area contributed by atoms with Gasteiger partial charge in [-0.15, -0.1) is 11.8 Å². The zero-order valence-corrected chi connectivity index (χ0v) is 10.6. The summed E-state index contributed by atoms with van der Waals surface area (Å²) in [5, 5.41) is -0.169. The van der Waals surface area contributed by atoms with Gasteiger partial charge in [-0.25, -0.2) is 0 Å². The lowest BCUT2D eigenvalue weighted by molar-refractivity contribution is -0.159. The van der Waals surface area contributed by atoms with Crippen LogP contribution >= 0.6 is 23.4 Å². The Bertz CT molecular complexity index is 466. The second kappa shape index (κ2) is 5.01. The summed E-state index contributed by atoms with van der Waals surface area (Å²) in [5.74, 6) is -0.435. The molecule has 1 aromatic rings. The first-order valence-electron chi connectivity index (χ1n) is 5.10. The average molecular weight is 296 g/mol. The fourth-order valence-electron chi connectivity index (χ4n) is 1.75. The highest BCUT2D eigenvalue weighted by molar-refractivity contribution is 8.00. The SMILES string of the molecule is O=C1CSC(c2cccc(Cl)c2)N1CC(F)(F)F. The van der Waals surface area contributed by atoms with E-state index in [1.54, 1.807) is 24.3 Å². The third-order valence-corrected chi connectivity index (χ3v) is 3.94. The van der Waals surface area contributed by atoms with Crippen LogP contribution in [0, 0.1) is 0 Å². The zero-order chi connectivity index (χ0) is 13.3. The van der Waals surface area contributed by atoms with Crippen LogP contribution < -0.4 is 0 Å². The quantitative estimate of drug-likeness (QED) is 0.832. The van der Waals surface area contributed by atoms with Crippen molar-refractivity contribution in [3.63, 3.8) is 0 Å². The molecule has 18 heavy (non-hydrogen) atoms. The van der Waals surface area contributed by atoms with E-state index in [-0.39, 0.29) is 5.75 Å². The van der Waals surface area contributed by atoms with Crippen molar-refractivity contribution in [1.29, 1.82) is 0 Å². The lowest BCUT2D eigenvalue weighted by Gasteiger charge is -2.25. The number of benzene rings is 1. The van der Waals surface area contributed by atoms with E-state index in [1.165, 1.54) is 11.8 Å². The van der Waals surface area contributed by atoms with E-state index in [0.29, 0.717) is 10.6 Å². The Morgan fingerprint density at radius 2 is 2.17 bits per heavy atom. The molecule has 0 N–H and O–H groups in total. The van der Waals surface area contributed by atoms with E-state index in [1.807, 2.05) is 0 Å². The Morgan fingerprint density at radius 1 is 1.44 bits per heavy atom. The van der Waals surface area contributed by atoms with Gasteiger partial charge in [0.1, 0.15) is 11.9 Å². The van der Waals surface area contributed by atoms with E-state index in [4.69, 9.17) is 11.6 Å². The van der Waals surface area contributed by atoms with Gasteiger partial charge in [0, 0.05) is 5.02 Å². The molecule has 0 bridgehead atoms. The summed E-state index contributed by atoms with van der Waals surface area (Å²) < 4.78 is 37.3. The molecule has 1 saturated heterocycles. The summed E-state index contributed by atoms with van der Waals surface area (Å²) >= 11 is 6.98. The molecule has 1 aromatic carbocycles. The molecule has 2 nitrogen and oxygen atoms in total. The summed E-state index contributed by atoms with van der Waals surface area (Å²) in [7, 11) is 0. The first kappa shape index (κ1) is 13.5. The molecule has 0 saturated carbocycles. The van der Waals surface area contributed by atoms with E-state index < -0.39 is 24.0 Å². The van der Waals surface area contributed by atoms with Gasteiger partial charge < -0.3 is 4.90 Å². The third kappa shape index (κ3) is 3.11. The molecule has 2 rings (SSSR count). The van der Waals surface area contributed by atoms with Crippen molar-refractivity contribution >= 4 is 29.3 Å². The van der Waals surface area contributed by atoms with Crippen molar-refractivity contribution < 1.29 is 18.0 Å². The Kier molecular flexibility index (Phi) is 3.77. The van der Waals surface area contributed by atoms with Crippen LogP contribution in [-0.4, -0.2) is 29.3 Å². The molecule has 1 amide bonds. The summed E-state index contributed by atoms with van der Waals surface area (Å²) in [6, 6.07) is 6.56. The van der Waals surface area contributed by atoms with Crippen molar-refractivity contribution in [3.8, 4) is 0 Å². The smallest absolute Gasteiger partial charge is 0.317 e. The van der Waals surface area contributed by atoms with Gasteiger partial charge >= 0.3 is 6.18 Å². The second-order valence-electron chi connectivity index (χ2n) is 3.86. The van der Waals surface area contributed by atoms with Gasteiger partial charge in [-0.3, -0.25) is 4.79 Å². The van der Waals surface area contributed by atoms with Crippen molar-refractivity contribution in [3.05, 3.63) is 34.9 Å². The molecule has 0 aliphatic carbocycles. The highest BCUT2D eigenvalue weighted by Gasteiger charge is 2.40. The van der Waals surface area contributed by atoms with Gasteiger partial charge in [-0.05, 0) is 17.7 Å². The summed E-state index contributed by atoms with van der Waals surface area (Å²) in [4.78, 5) is 12.3. The number of hydrogen-bond donors (Lipinski definition) is 0. The molecule has 1 aliphatic rings. The van der Waals surface area contributed by atoms with Crippen LogP contribution in [0.2, 0.25) is 5.02 Å². The van der Waals surface area contributed by atoms with Crippen LogP contribution in [-0.2, 0) is 4.79 Å². The fourth-order valence-corrected chi connectivity index (χ4v) is 3.13. The minimum Gasteiger partial charge on any atom is -0.317 e. The highest BCUT2D eigenvalue weighted by Crippen LogP contribution is 2.40. The van der Waals surface area contributed by atoms with Crippen molar-refractivity contribution in [2.24, 2.45) is 0 Å². The lowest BCUT2D eigenvalue weighted by atomic mass is 10.2. The maximum atomic E-state index is 12.4. The summed E-state index contributed by atoms with van der Waals surface area (Å²) in [6.45, 7) is -1.23. The number of halogens is 4. The van der Waals surface area contributed by atoms with Crippen molar-refractivity contribution in [1.82, 2.24) is 4.90 Å². The minimum absolute atomic E-state index is 0.0628. The molecule has 7 heteroatoms. The molecular weight excluding hydrogens is 287 g/mol. The maximum Gasteiger partial charge on any atom is 0.406 e. The van der Waals surface area contributed by atoms with E-state index in [0.717, 1.165) is 4.90 Å². The predicted octanol–water partition coefficient (Wildman–Crippen LogP) is 3.48. The number of hydrogen-bond acceptors (Lipinski definition) is 2. The van der Waals surface area contributed by atoms with E-state index in [2.05, 4.69) is 0 Å². The second-order valence-corrected chi connectivity index (χ2v) is 5.36. The maximum absolute atomic E-state index is 12.4. The number of rotatable bonds is 2. The molecule has 1 fully saturated rings. The third-order valence-electron chi connectivity index (χ3n) is 2.45. The van der Waals surface area contributed by atoms with Gasteiger partial charge in [-0.2, -0.15) is 13.2 Å². The van der Waals surface area contributed by atoms with Gasteiger partial charge in [0.05, 0.1) is 5.75 Å². The van der Waals surface area contributed by atoms with E-state index in [9.17, 15) is 18.0 Å². The van der Waals surface area contributed by atoms with Crippen molar-refractivity contribution in [2.75, 3.05) is 12.3 Å². The molecule has 0 spiro atoms. The summed E-state index contributed by atoms with van der Waals surface area (Å²) in [5.41, 5.74) is 0.614. The largest absolute Gasteiger partial charge is 0.406 e. The minimum atomic E-state index is -4.39. The molecule has 1 heterocycles. The molecule has 1 unspecified atom stereocenters. The Morgan fingerprint density at radius 3 is 2.78 bits per heavy atom. The fraction of sp³-hybridized carbons (Fsp3) is 0.364. The van der Waals surface area contributed by atoms with Crippen molar-refractivity contribution in [2.45, 2.75) is 11.6 Å². The first-order chi connectivity index (χ1) is 8.37. The molecule has 98 valence electrons. The normalized spacial score (nSPS) is 20.6. The molecule has 0 radical (unpaired) electrons. The number of thioether (sulfide) groups is 1. The Labute approximate surface area is 111 Å². The van der Waals surface area contributed by atoms with Crippen LogP contribution in [0.25, 0.3) is 0 Å². The first-order valence-corrected chi connectivity index (χ1v) is 6.53. The highest BCUT2D eigenvalue weighted by atomic mass is 35.5. The van der Waals surface area contributed by atoms with Crippen LogP contribution in [0.3, 0.4) is 0 Å². The van der Waals surface area contributed by atoms with E-state index >= 15 is 0 Å². The molecule has 1 atom stereocenters. The van der Waals surface area contributed by atoms with Gasteiger partial charge in [-0.1, -0.05) is 23.7 Å². The van der Waals surface area contributed by atoms with Gasteiger partial charge in [0.2, 0.25) is 5.91 Å². The van der Waals surface area contributed by atoms with Crippen LogP contribution in [0.5, 0.6) is 0 Å². The standard InChI is InChI=1S/C11H9ClF3NOS/c12-8-3-1-2-7(4-8)10-16(6-11(13,14)15)9(17)5-18-10/h1-4,10H,5-6H2. The number of carbonyl (C=O) groups is 1. The molecule has 1 aliphatic heterocycles. The summed E-state index contributed by atoms with van der Waals surface area (Å²) in [6.07, 6.45) is -4.39. The Balaban J connectivity index is 2.24.